The lowest BCUT2D eigenvalue weighted by atomic mass is 9.81. The summed E-state index contributed by atoms with van der Waals surface area (Å²) < 4.78 is 1.72. The van der Waals surface area contributed by atoms with E-state index in [9.17, 15) is 14.7 Å². The first-order valence-corrected chi connectivity index (χ1v) is 7.18. The van der Waals surface area contributed by atoms with Crippen LogP contribution in [0.2, 0.25) is 0 Å². The van der Waals surface area contributed by atoms with Gasteiger partial charge in [0, 0.05) is 30.3 Å². The molecule has 0 spiro atoms. The molecule has 2 rings (SSSR count). The molecule has 1 aliphatic rings. The van der Waals surface area contributed by atoms with Crippen LogP contribution in [0.5, 0.6) is 0 Å². The maximum absolute atomic E-state index is 12.4. The first-order chi connectivity index (χ1) is 9.64. The number of likely N-dealkylation sites (tertiary alicyclic amines) is 1. The summed E-state index contributed by atoms with van der Waals surface area (Å²) in [7, 11) is 1.82. The standard InChI is InChI=1S/C15H23N3O3/c1-9-11(8-16-17(9)5)13-10(14(20)21)6-7-12(19)18(13)15(2,3)4/h8,10,13H,6-7H2,1-5H3,(H,20,21). The Labute approximate surface area is 124 Å². The average Bonchev–Trinajstić information content (AvgIpc) is 2.67. The number of aliphatic carboxylic acids is 1. The highest BCUT2D eigenvalue weighted by atomic mass is 16.4. The number of aryl methyl sites for hydroxylation is 1. The zero-order valence-corrected chi connectivity index (χ0v) is 13.3. The lowest BCUT2D eigenvalue weighted by Crippen LogP contribution is -2.53. The Bertz CT molecular complexity index is 571. The molecule has 1 fully saturated rings. The van der Waals surface area contributed by atoms with E-state index in [-0.39, 0.29) is 12.3 Å². The summed E-state index contributed by atoms with van der Waals surface area (Å²) in [6.07, 6.45) is 2.34. The third kappa shape index (κ3) is 2.66. The molecule has 1 aromatic heterocycles. The van der Waals surface area contributed by atoms with Crippen molar-refractivity contribution < 1.29 is 14.7 Å². The predicted molar refractivity (Wildman–Crippen MR) is 77.6 cm³/mol. The largest absolute Gasteiger partial charge is 0.481 e. The van der Waals surface area contributed by atoms with E-state index in [2.05, 4.69) is 5.10 Å². The normalized spacial score (nSPS) is 23.5. The Morgan fingerprint density at radius 2 is 2.05 bits per heavy atom. The SMILES string of the molecule is Cc1c(C2C(C(=O)O)CCC(=O)N2C(C)(C)C)cnn1C. The van der Waals surface area contributed by atoms with Gasteiger partial charge in [0.25, 0.3) is 0 Å². The van der Waals surface area contributed by atoms with Crippen molar-refractivity contribution in [3.8, 4) is 0 Å². The zero-order chi connectivity index (χ0) is 15.9. The summed E-state index contributed by atoms with van der Waals surface area (Å²) in [4.78, 5) is 25.8. The number of carbonyl (C=O) groups is 2. The Balaban J connectivity index is 2.57. The second-order valence-corrected chi connectivity index (χ2v) is 6.67. The quantitative estimate of drug-likeness (QED) is 0.903. The van der Waals surface area contributed by atoms with Crippen molar-refractivity contribution in [2.45, 2.75) is 52.1 Å². The van der Waals surface area contributed by atoms with Gasteiger partial charge < -0.3 is 10.0 Å². The van der Waals surface area contributed by atoms with Crippen LogP contribution in [0.4, 0.5) is 0 Å². The van der Waals surface area contributed by atoms with E-state index >= 15 is 0 Å². The molecule has 6 nitrogen and oxygen atoms in total. The molecule has 0 aliphatic carbocycles. The fourth-order valence-electron chi connectivity index (χ4n) is 3.10. The number of carboxylic acid groups (broad SMARTS) is 1. The summed E-state index contributed by atoms with van der Waals surface area (Å²) in [5, 5.41) is 13.8. The molecule has 6 heteroatoms. The van der Waals surface area contributed by atoms with Crippen LogP contribution in [0.15, 0.2) is 6.20 Å². The molecule has 0 radical (unpaired) electrons. The molecular weight excluding hydrogens is 270 g/mol. The third-order valence-corrected chi connectivity index (χ3v) is 4.23. The van der Waals surface area contributed by atoms with Gasteiger partial charge in [-0.3, -0.25) is 14.3 Å². The Kier molecular flexibility index (Phi) is 3.82. The van der Waals surface area contributed by atoms with Crippen LogP contribution in [-0.4, -0.2) is 37.2 Å². The van der Waals surface area contributed by atoms with Crippen LogP contribution >= 0.6 is 0 Å². The first-order valence-electron chi connectivity index (χ1n) is 7.18. The zero-order valence-electron chi connectivity index (χ0n) is 13.3. The van der Waals surface area contributed by atoms with Gasteiger partial charge in [-0.05, 0) is 34.1 Å². The van der Waals surface area contributed by atoms with Crippen molar-refractivity contribution in [2.24, 2.45) is 13.0 Å². The van der Waals surface area contributed by atoms with Gasteiger partial charge >= 0.3 is 5.97 Å². The molecule has 1 aliphatic heterocycles. The molecule has 2 atom stereocenters. The van der Waals surface area contributed by atoms with E-state index in [0.29, 0.717) is 6.42 Å². The fraction of sp³-hybridized carbons (Fsp3) is 0.667. The Morgan fingerprint density at radius 3 is 2.48 bits per heavy atom. The number of piperidine rings is 1. The molecule has 0 bridgehead atoms. The summed E-state index contributed by atoms with van der Waals surface area (Å²) in [6.45, 7) is 7.72. The number of hydrogen-bond donors (Lipinski definition) is 1. The van der Waals surface area contributed by atoms with Gasteiger partial charge in [-0.25, -0.2) is 0 Å². The van der Waals surface area contributed by atoms with Gasteiger partial charge in [0.1, 0.15) is 0 Å². The molecule has 0 aromatic carbocycles. The minimum atomic E-state index is -0.856. The monoisotopic (exact) mass is 293 g/mol. The number of carbonyl (C=O) groups excluding carboxylic acids is 1. The van der Waals surface area contributed by atoms with Crippen molar-refractivity contribution >= 4 is 11.9 Å². The topological polar surface area (TPSA) is 75.4 Å². The van der Waals surface area contributed by atoms with Gasteiger partial charge in [0.15, 0.2) is 0 Å². The van der Waals surface area contributed by atoms with Crippen LogP contribution in [0.25, 0.3) is 0 Å². The molecular formula is C15H23N3O3. The van der Waals surface area contributed by atoms with E-state index in [1.165, 1.54) is 0 Å². The fourth-order valence-corrected chi connectivity index (χ4v) is 3.10. The summed E-state index contributed by atoms with van der Waals surface area (Å²) in [5.74, 6) is -1.44. The highest BCUT2D eigenvalue weighted by Gasteiger charge is 2.45. The molecule has 1 aromatic rings. The van der Waals surface area contributed by atoms with E-state index < -0.39 is 23.5 Å². The summed E-state index contributed by atoms with van der Waals surface area (Å²) in [6, 6.07) is -0.461. The highest BCUT2D eigenvalue weighted by Crippen LogP contribution is 2.41. The number of nitrogens with zero attached hydrogens (tertiary/aromatic N) is 3. The number of rotatable bonds is 2. The smallest absolute Gasteiger partial charge is 0.308 e. The summed E-state index contributed by atoms with van der Waals surface area (Å²) in [5.41, 5.74) is 1.29. The lowest BCUT2D eigenvalue weighted by molar-refractivity contribution is -0.156. The van der Waals surface area contributed by atoms with Gasteiger partial charge in [0.05, 0.1) is 18.2 Å². The predicted octanol–water partition coefficient (Wildman–Crippen LogP) is 1.89. The molecule has 0 saturated carbocycles. The van der Waals surface area contributed by atoms with Crippen molar-refractivity contribution in [2.75, 3.05) is 0 Å². The van der Waals surface area contributed by atoms with E-state index in [1.54, 1.807) is 15.8 Å². The minimum absolute atomic E-state index is 0.00764. The number of carboxylic acids is 1. The van der Waals surface area contributed by atoms with E-state index in [4.69, 9.17) is 0 Å². The van der Waals surface area contributed by atoms with Crippen molar-refractivity contribution in [1.29, 1.82) is 0 Å². The number of amides is 1. The van der Waals surface area contributed by atoms with Crippen LogP contribution < -0.4 is 0 Å². The Morgan fingerprint density at radius 1 is 1.43 bits per heavy atom. The molecule has 1 amide bonds. The van der Waals surface area contributed by atoms with Gasteiger partial charge in [-0.15, -0.1) is 0 Å². The Hall–Kier alpha value is -1.85. The van der Waals surface area contributed by atoms with Crippen molar-refractivity contribution in [1.82, 2.24) is 14.7 Å². The lowest BCUT2D eigenvalue weighted by Gasteiger charge is -2.47. The maximum Gasteiger partial charge on any atom is 0.308 e. The van der Waals surface area contributed by atoms with Crippen LogP contribution in [0, 0.1) is 12.8 Å². The van der Waals surface area contributed by atoms with Gasteiger partial charge in [-0.2, -0.15) is 5.10 Å². The minimum Gasteiger partial charge on any atom is -0.481 e. The second-order valence-electron chi connectivity index (χ2n) is 6.67. The first kappa shape index (κ1) is 15.5. The highest BCUT2D eigenvalue weighted by molar-refractivity contribution is 5.82. The molecule has 116 valence electrons. The van der Waals surface area contributed by atoms with Crippen molar-refractivity contribution in [3.63, 3.8) is 0 Å². The molecule has 21 heavy (non-hydrogen) atoms. The summed E-state index contributed by atoms with van der Waals surface area (Å²) >= 11 is 0. The molecule has 2 unspecified atom stereocenters. The maximum atomic E-state index is 12.4. The molecule has 2 heterocycles. The van der Waals surface area contributed by atoms with E-state index in [0.717, 1.165) is 11.3 Å². The second kappa shape index (κ2) is 5.16. The van der Waals surface area contributed by atoms with Gasteiger partial charge in [-0.1, -0.05) is 0 Å². The average molecular weight is 293 g/mol. The molecule has 1 N–H and O–H groups in total. The van der Waals surface area contributed by atoms with Crippen LogP contribution in [-0.2, 0) is 16.6 Å². The van der Waals surface area contributed by atoms with Crippen LogP contribution in [0.1, 0.15) is 50.9 Å². The van der Waals surface area contributed by atoms with Crippen molar-refractivity contribution in [3.05, 3.63) is 17.5 Å². The number of hydrogen-bond acceptors (Lipinski definition) is 3. The molecule has 1 saturated heterocycles. The number of aromatic nitrogens is 2. The van der Waals surface area contributed by atoms with Crippen LogP contribution in [0.3, 0.4) is 0 Å². The van der Waals surface area contributed by atoms with Gasteiger partial charge in [0.2, 0.25) is 5.91 Å². The van der Waals surface area contributed by atoms with E-state index in [1.807, 2.05) is 34.7 Å². The third-order valence-electron chi connectivity index (χ3n) is 4.23.